The summed E-state index contributed by atoms with van der Waals surface area (Å²) in [6.07, 6.45) is 2.20. The molecule has 0 spiro atoms. The summed E-state index contributed by atoms with van der Waals surface area (Å²) >= 11 is 0. The van der Waals surface area contributed by atoms with Crippen LogP contribution in [0.2, 0.25) is 0 Å². The molecule has 1 heterocycles. The molecule has 0 radical (unpaired) electrons. The lowest BCUT2D eigenvalue weighted by atomic mass is 10.0. The Hall–Kier alpha value is -2.59. The van der Waals surface area contributed by atoms with Gasteiger partial charge in [0.25, 0.3) is 0 Å². The Labute approximate surface area is 147 Å². The van der Waals surface area contributed by atoms with E-state index in [2.05, 4.69) is 11.8 Å². The molecule has 4 heteroatoms. The third-order valence-corrected chi connectivity index (χ3v) is 4.39. The lowest BCUT2D eigenvalue weighted by Gasteiger charge is -2.18. The van der Waals surface area contributed by atoms with Gasteiger partial charge in [-0.1, -0.05) is 43.7 Å². The molecule has 0 atom stereocenters. The van der Waals surface area contributed by atoms with Crippen LogP contribution in [0.25, 0.3) is 22.1 Å². The first-order valence-corrected chi connectivity index (χ1v) is 8.63. The number of phenolic OH excluding ortho intramolecular Hbond substituents is 1. The second kappa shape index (κ2) is 7.53. The smallest absolute Gasteiger partial charge is 0.344 e. The van der Waals surface area contributed by atoms with Crippen molar-refractivity contribution in [2.75, 3.05) is 13.6 Å². The molecule has 0 unspecified atom stereocenters. The molecule has 25 heavy (non-hydrogen) atoms. The maximum absolute atomic E-state index is 12.5. The molecule has 0 aliphatic rings. The Kier molecular flexibility index (Phi) is 5.19. The van der Waals surface area contributed by atoms with E-state index in [0.29, 0.717) is 23.3 Å². The van der Waals surface area contributed by atoms with Crippen LogP contribution in [0.5, 0.6) is 5.75 Å². The fourth-order valence-electron chi connectivity index (χ4n) is 2.98. The zero-order chi connectivity index (χ0) is 17.8. The Morgan fingerprint density at radius 1 is 1.12 bits per heavy atom. The molecule has 130 valence electrons. The Bertz CT molecular complexity index is 916. The van der Waals surface area contributed by atoms with Gasteiger partial charge >= 0.3 is 5.63 Å². The van der Waals surface area contributed by atoms with Gasteiger partial charge in [0.15, 0.2) is 0 Å². The highest BCUT2D eigenvalue weighted by Gasteiger charge is 2.15. The van der Waals surface area contributed by atoms with E-state index < -0.39 is 0 Å². The Morgan fingerprint density at radius 2 is 1.88 bits per heavy atom. The van der Waals surface area contributed by atoms with Crippen LogP contribution in [0.1, 0.15) is 25.3 Å². The number of unbranched alkanes of at least 4 members (excludes halogenated alkanes) is 1. The molecular formula is C21H23NO3. The monoisotopic (exact) mass is 337 g/mol. The summed E-state index contributed by atoms with van der Waals surface area (Å²) in [5, 5.41) is 11.1. The molecule has 0 bridgehead atoms. The van der Waals surface area contributed by atoms with Gasteiger partial charge < -0.3 is 14.4 Å². The number of benzene rings is 2. The summed E-state index contributed by atoms with van der Waals surface area (Å²) in [5.74, 6) is 0.159. The van der Waals surface area contributed by atoms with Crippen molar-refractivity contribution in [2.45, 2.75) is 26.3 Å². The largest absolute Gasteiger partial charge is 0.507 e. The van der Waals surface area contributed by atoms with Gasteiger partial charge in [-0.25, -0.2) is 4.79 Å². The van der Waals surface area contributed by atoms with E-state index in [4.69, 9.17) is 4.42 Å². The third-order valence-electron chi connectivity index (χ3n) is 4.39. The van der Waals surface area contributed by atoms with Crippen LogP contribution in [0.15, 0.2) is 57.7 Å². The maximum Gasteiger partial charge on any atom is 0.344 e. The van der Waals surface area contributed by atoms with Crippen molar-refractivity contribution in [1.82, 2.24) is 4.90 Å². The number of phenols is 1. The summed E-state index contributed by atoms with van der Waals surface area (Å²) in [4.78, 5) is 14.6. The second-order valence-electron chi connectivity index (χ2n) is 6.39. The average Bonchev–Trinajstić information content (AvgIpc) is 2.63. The van der Waals surface area contributed by atoms with Crippen molar-refractivity contribution in [3.8, 4) is 16.9 Å². The van der Waals surface area contributed by atoms with Crippen LogP contribution < -0.4 is 5.63 Å². The molecule has 1 aromatic heterocycles. The van der Waals surface area contributed by atoms with Crippen molar-refractivity contribution in [3.63, 3.8) is 0 Å². The highest BCUT2D eigenvalue weighted by Crippen LogP contribution is 2.29. The normalized spacial score (nSPS) is 11.3. The highest BCUT2D eigenvalue weighted by molar-refractivity contribution is 5.85. The maximum atomic E-state index is 12.5. The number of hydrogen-bond donors (Lipinski definition) is 1. The van der Waals surface area contributed by atoms with Crippen LogP contribution in [-0.4, -0.2) is 23.6 Å². The first kappa shape index (κ1) is 17.2. The standard InChI is InChI=1S/C21H23NO3/c1-3-4-12-22(2)14-18-19(23)11-10-16-13-17(21(24)25-20(16)18)15-8-6-5-7-9-15/h5-11,13,23H,3-4,12,14H2,1-2H3. The first-order valence-electron chi connectivity index (χ1n) is 8.63. The highest BCUT2D eigenvalue weighted by atomic mass is 16.4. The molecule has 0 saturated carbocycles. The minimum absolute atomic E-state index is 0.159. The van der Waals surface area contributed by atoms with Crippen LogP contribution >= 0.6 is 0 Å². The Balaban J connectivity index is 2.06. The molecule has 0 amide bonds. The van der Waals surface area contributed by atoms with E-state index in [1.54, 1.807) is 12.1 Å². The zero-order valence-corrected chi connectivity index (χ0v) is 14.7. The van der Waals surface area contributed by atoms with Gasteiger partial charge in [-0.3, -0.25) is 0 Å². The molecular weight excluding hydrogens is 314 g/mol. The van der Waals surface area contributed by atoms with Gasteiger partial charge in [-0.15, -0.1) is 0 Å². The van der Waals surface area contributed by atoms with E-state index in [1.165, 1.54) is 0 Å². The number of nitrogens with zero attached hydrogens (tertiary/aromatic N) is 1. The summed E-state index contributed by atoms with van der Waals surface area (Å²) in [6.45, 7) is 3.61. The van der Waals surface area contributed by atoms with E-state index in [1.807, 2.05) is 43.4 Å². The number of aromatic hydroxyl groups is 1. The summed E-state index contributed by atoms with van der Waals surface area (Å²) < 4.78 is 5.62. The molecule has 0 aliphatic carbocycles. The van der Waals surface area contributed by atoms with E-state index >= 15 is 0 Å². The fraction of sp³-hybridized carbons (Fsp3) is 0.286. The zero-order valence-electron chi connectivity index (χ0n) is 14.7. The van der Waals surface area contributed by atoms with E-state index in [9.17, 15) is 9.90 Å². The van der Waals surface area contributed by atoms with Crippen LogP contribution in [-0.2, 0) is 6.54 Å². The molecule has 0 aliphatic heterocycles. The van der Waals surface area contributed by atoms with Crippen molar-refractivity contribution in [3.05, 3.63) is 64.5 Å². The number of rotatable bonds is 6. The average molecular weight is 337 g/mol. The molecule has 2 aromatic carbocycles. The van der Waals surface area contributed by atoms with Gasteiger partial charge in [-0.05, 0) is 43.8 Å². The van der Waals surface area contributed by atoms with Crippen LogP contribution in [0, 0.1) is 0 Å². The fourth-order valence-corrected chi connectivity index (χ4v) is 2.98. The minimum atomic E-state index is -0.387. The SMILES string of the molecule is CCCCN(C)Cc1c(O)ccc2cc(-c3ccccc3)c(=O)oc12. The van der Waals surface area contributed by atoms with Crippen LogP contribution in [0.4, 0.5) is 0 Å². The van der Waals surface area contributed by atoms with Gasteiger partial charge in [0.1, 0.15) is 11.3 Å². The summed E-state index contributed by atoms with van der Waals surface area (Å²) in [6, 6.07) is 14.8. The number of fused-ring (bicyclic) bond motifs is 1. The van der Waals surface area contributed by atoms with E-state index in [-0.39, 0.29) is 11.4 Å². The molecule has 1 N–H and O–H groups in total. The topological polar surface area (TPSA) is 53.7 Å². The van der Waals surface area contributed by atoms with Crippen molar-refractivity contribution < 1.29 is 9.52 Å². The van der Waals surface area contributed by atoms with Gasteiger partial charge in [0.05, 0.1) is 11.1 Å². The molecule has 0 fully saturated rings. The third kappa shape index (κ3) is 3.74. The Morgan fingerprint density at radius 3 is 2.60 bits per heavy atom. The molecule has 4 nitrogen and oxygen atoms in total. The summed E-state index contributed by atoms with van der Waals surface area (Å²) in [5.41, 5.74) is 2.10. The van der Waals surface area contributed by atoms with Crippen molar-refractivity contribution in [2.24, 2.45) is 0 Å². The van der Waals surface area contributed by atoms with Crippen molar-refractivity contribution >= 4 is 11.0 Å². The first-order chi connectivity index (χ1) is 12.1. The summed E-state index contributed by atoms with van der Waals surface area (Å²) in [7, 11) is 2.00. The second-order valence-corrected chi connectivity index (χ2v) is 6.39. The number of hydrogen-bond acceptors (Lipinski definition) is 4. The van der Waals surface area contributed by atoms with Gasteiger partial charge in [0, 0.05) is 11.9 Å². The van der Waals surface area contributed by atoms with Gasteiger partial charge in [-0.2, -0.15) is 0 Å². The molecule has 0 saturated heterocycles. The predicted molar refractivity (Wildman–Crippen MR) is 101 cm³/mol. The van der Waals surface area contributed by atoms with Crippen LogP contribution in [0.3, 0.4) is 0 Å². The quantitative estimate of drug-likeness (QED) is 0.678. The van der Waals surface area contributed by atoms with Crippen molar-refractivity contribution in [1.29, 1.82) is 0 Å². The van der Waals surface area contributed by atoms with Gasteiger partial charge in [0.2, 0.25) is 0 Å². The minimum Gasteiger partial charge on any atom is -0.507 e. The predicted octanol–water partition coefficient (Wildman–Crippen LogP) is 4.40. The molecule has 3 rings (SSSR count). The molecule has 3 aromatic rings. The van der Waals surface area contributed by atoms with E-state index in [0.717, 1.165) is 30.3 Å². The lowest BCUT2D eigenvalue weighted by Crippen LogP contribution is -2.19. The lowest BCUT2D eigenvalue weighted by molar-refractivity contribution is 0.314.